The lowest BCUT2D eigenvalue weighted by Gasteiger charge is -2.12. The fourth-order valence-corrected chi connectivity index (χ4v) is 2.19. The Morgan fingerprint density at radius 2 is 1.91 bits per heavy atom. The van der Waals surface area contributed by atoms with Crippen LogP contribution in [0.4, 0.5) is 4.39 Å². The number of primary amides is 1. The number of rotatable bonds is 6. The van der Waals surface area contributed by atoms with Crippen molar-refractivity contribution in [2.75, 3.05) is 0 Å². The molecule has 1 atom stereocenters. The molecule has 4 nitrogen and oxygen atoms in total. The molecule has 6 heteroatoms. The van der Waals surface area contributed by atoms with Gasteiger partial charge in [-0.2, -0.15) is 0 Å². The summed E-state index contributed by atoms with van der Waals surface area (Å²) in [6.07, 6.45) is 0.0744. The quantitative estimate of drug-likeness (QED) is 0.858. The third-order valence-corrected chi connectivity index (χ3v) is 3.53. The number of hydrogen-bond acceptors (Lipinski definition) is 3. The molecule has 0 aliphatic rings. The lowest BCUT2D eigenvalue weighted by Crippen LogP contribution is -2.20. The van der Waals surface area contributed by atoms with E-state index in [0.717, 1.165) is 5.56 Å². The van der Waals surface area contributed by atoms with Gasteiger partial charge in [-0.1, -0.05) is 29.8 Å². The molecule has 2 rings (SSSR count). The maximum Gasteiger partial charge on any atom is 0.219 e. The maximum atomic E-state index is 13.6. The van der Waals surface area contributed by atoms with Gasteiger partial charge >= 0.3 is 0 Å². The molecule has 4 N–H and O–H groups in total. The molecule has 0 saturated carbocycles. The molecular weight excluding hydrogens is 307 g/mol. The average Bonchev–Trinajstić information content (AvgIpc) is 2.46. The highest BCUT2D eigenvalue weighted by Crippen LogP contribution is 2.23. The SMILES string of the molecule is NC(=O)CC(N)c1ccc(OCc2c(F)cccc2Cl)cc1. The van der Waals surface area contributed by atoms with Gasteiger partial charge < -0.3 is 16.2 Å². The van der Waals surface area contributed by atoms with Crippen molar-refractivity contribution in [3.05, 3.63) is 64.4 Å². The fraction of sp³-hybridized carbons (Fsp3) is 0.188. The summed E-state index contributed by atoms with van der Waals surface area (Å²) in [6.45, 7) is 0.0260. The van der Waals surface area contributed by atoms with Crippen LogP contribution in [0.15, 0.2) is 42.5 Å². The number of amides is 1. The Morgan fingerprint density at radius 3 is 2.50 bits per heavy atom. The third-order valence-electron chi connectivity index (χ3n) is 3.17. The number of nitrogens with two attached hydrogens (primary N) is 2. The van der Waals surface area contributed by atoms with Crippen LogP contribution in [-0.2, 0) is 11.4 Å². The van der Waals surface area contributed by atoms with Gasteiger partial charge in [-0.25, -0.2) is 4.39 Å². The molecular formula is C16H16ClFN2O2. The molecule has 0 aliphatic carbocycles. The Morgan fingerprint density at radius 1 is 1.23 bits per heavy atom. The Balaban J connectivity index is 2.01. The maximum absolute atomic E-state index is 13.6. The van der Waals surface area contributed by atoms with Gasteiger partial charge in [0, 0.05) is 18.0 Å². The minimum atomic E-state index is -0.456. The van der Waals surface area contributed by atoms with Crippen LogP contribution in [0.1, 0.15) is 23.6 Å². The van der Waals surface area contributed by atoms with Crippen molar-refractivity contribution in [3.8, 4) is 5.75 Å². The van der Waals surface area contributed by atoms with E-state index >= 15 is 0 Å². The van der Waals surface area contributed by atoms with Gasteiger partial charge in [0.05, 0.1) is 5.02 Å². The number of hydrogen-bond donors (Lipinski definition) is 2. The van der Waals surface area contributed by atoms with E-state index in [9.17, 15) is 9.18 Å². The molecule has 0 heterocycles. The number of carbonyl (C=O) groups is 1. The standard InChI is InChI=1S/C16H16ClFN2O2/c17-13-2-1-3-14(18)12(13)9-22-11-6-4-10(5-7-11)15(19)8-16(20)21/h1-7,15H,8-9,19H2,(H2,20,21). The molecule has 0 radical (unpaired) electrons. The van der Waals surface area contributed by atoms with Crippen LogP contribution in [0.5, 0.6) is 5.75 Å². The zero-order valence-electron chi connectivity index (χ0n) is 11.8. The molecule has 2 aromatic rings. The monoisotopic (exact) mass is 322 g/mol. The summed E-state index contributed by atoms with van der Waals surface area (Å²) in [6, 6.07) is 10.9. The van der Waals surface area contributed by atoms with Gasteiger partial charge in [0.1, 0.15) is 18.2 Å². The third kappa shape index (κ3) is 4.19. The molecule has 0 saturated heterocycles. The zero-order valence-corrected chi connectivity index (χ0v) is 12.5. The smallest absolute Gasteiger partial charge is 0.219 e. The van der Waals surface area contributed by atoms with Crippen LogP contribution < -0.4 is 16.2 Å². The van der Waals surface area contributed by atoms with Crippen molar-refractivity contribution >= 4 is 17.5 Å². The first-order valence-corrected chi connectivity index (χ1v) is 7.04. The van der Waals surface area contributed by atoms with Crippen molar-refractivity contribution < 1.29 is 13.9 Å². The van der Waals surface area contributed by atoms with E-state index in [1.165, 1.54) is 12.1 Å². The predicted molar refractivity (Wildman–Crippen MR) is 82.9 cm³/mol. The minimum Gasteiger partial charge on any atom is -0.489 e. The number of ether oxygens (including phenoxy) is 1. The topological polar surface area (TPSA) is 78.3 Å². The first-order valence-electron chi connectivity index (χ1n) is 6.67. The second-order valence-corrected chi connectivity index (χ2v) is 5.24. The van der Waals surface area contributed by atoms with Crippen LogP contribution in [0.3, 0.4) is 0 Å². The Kier molecular flexibility index (Phi) is 5.35. The Bertz CT molecular complexity index is 641. The van der Waals surface area contributed by atoms with E-state index in [0.29, 0.717) is 16.3 Å². The summed E-state index contributed by atoms with van der Waals surface area (Å²) < 4.78 is 19.1. The summed E-state index contributed by atoms with van der Waals surface area (Å²) >= 11 is 5.93. The first-order chi connectivity index (χ1) is 10.5. The highest BCUT2D eigenvalue weighted by Gasteiger charge is 2.10. The van der Waals surface area contributed by atoms with Crippen LogP contribution in [0.2, 0.25) is 5.02 Å². The number of halogens is 2. The normalized spacial score (nSPS) is 12.0. The van der Waals surface area contributed by atoms with E-state index < -0.39 is 17.8 Å². The molecule has 0 bridgehead atoms. The van der Waals surface area contributed by atoms with E-state index in [4.69, 9.17) is 27.8 Å². The summed E-state index contributed by atoms with van der Waals surface area (Å²) in [5, 5.41) is 0.320. The largest absolute Gasteiger partial charge is 0.489 e. The van der Waals surface area contributed by atoms with Gasteiger partial charge in [-0.05, 0) is 29.8 Å². The second-order valence-electron chi connectivity index (χ2n) is 4.83. The molecule has 22 heavy (non-hydrogen) atoms. The van der Waals surface area contributed by atoms with Crippen LogP contribution in [0.25, 0.3) is 0 Å². The molecule has 0 fully saturated rings. The Hall–Kier alpha value is -2.11. The summed E-state index contributed by atoms with van der Waals surface area (Å²) in [5.41, 5.74) is 12.0. The fourth-order valence-electron chi connectivity index (χ4n) is 1.97. The van der Waals surface area contributed by atoms with Gasteiger partial charge in [0.15, 0.2) is 0 Å². The number of benzene rings is 2. The van der Waals surface area contributed by atoms with Crippen molar-refractivity contribution in [2.45, 2.75) is 19.1 Å². The zero-order chi connectivity index (χ0) is 16.1. The van der Waals surface area contributed by atoms with E-state index in [1.54, 1.807) is 30.3 Å². The molecule has 0 spiro atoms. The van der Waals surface area contributed by atoms with Gasteiger partial charge in [0.2, 0.25) is 5.91 Å². The lowest BCUT2D eigenvalue weighted by molar-refractivity contribution is -0.118. The lowest BCUT2D eigenvalue weighted by atomic mass is 10.0. The van der Waals surface area contributed by atoms with Gasteiger partial charge in [-0.15, -0.1) is 0 Å². The van der Waals surface area contributed by atoms with E-state index in [-0.39, 0.29) is 13.0 Å². The number of carbonyl (C=O) groups excluding carboxylic acids is 1. The van der Waals surface area contributed by atoms with Gasteiger partial charge in [0.25, 0.3) is 0 Å². The van der Waals surface area contributed by atoms with E-state index in [2.05, 4.69) is 0 Å². The second kappa shape index (κ2) is 7.24. The summed E-state index contributed by atoms with van der Waals surface area (Å²) in [5.74, 6) is -0.316. The summed E-state index contributed by atoms with van der Waals surface area (Å²) in [4.78, 5) is 10.8. The highest BCUT2D eigenvalue weighted by molar-refractivity contribution is 6.31. The van der Waals surface area contributed by atoms with E-state index in [1.807, 2.05) is 0 Å². The van der Waals surface area contributed by atoms with Crippen LogP contribution in [0, 0.1) is 5.82 Å². The van der Waals surface area contributed by atoms with Crippen LogP contribution >= 0.6 is 11.6 Å². The van der Waals surface area contributed by atoms with Crippen LogP contribution in [-0.4, -0.2) is 5.91 Å². The average molecular weight is 323 g/mol. The van der Waals surface area contributed by atoms with Crippen molar-refractivity contribution in [1.82, 2.24) is 0 Å². The molecule has 1 unspecified atom stereocenters. The molecule has 116 valence electrons. The minimum absolute atomic E-state index is 0.0260. The first kappa shape index (κ1) is 16.3. The van der Waals surface area contributed by atoms with Gasteiger partial charge in [-0.3, -0.25) is 4.79 Å². The molecule has 2 aromatic carbocycles. The van der Waals surface area contributed by atoms with Crippen molar-refractivity contribution in [1.29, 1.82) is 0 Å². The predicted octanol–water partition coefficient (Wildman–Crippen LogP) is 2.93. The Labute approximate surface area is 132 Å². The van der Waals surface area contributed by atoms with Crippen molar-refractivity contribution in [3.63, 3.8) is 0 Å². The highest BCUT2D eigenvalue weighted by atomic mass is 35.5. The molecule has 1 amide bonds. The molecule has 0 aromatic heterocycles. The van der Waals surface area contributed by atoms with Crippen molar-refractivity contribution in [2.24, 2.45) is 11.5 Å². The summed E-state index contributed by atoms with van der Waals surface area (Å²) in [7, 11) is 0. The molecule has 0 aliphatic heterocycles.